The zero-order valence-corrected chi connectivity index (χ0v) is 69.2. The molecule has 0 radical (unpaired) electrons. The van der Waals surface area contributed by atoms with E-state index in [1.807, 2.05) is 0 Å². The molecule has 10 aromatic rings. The van der Waals surface area contributed by atoms with Crippen LogP contribution in [0.25, 0.3) is 55.6 Å². The molecule has 15 rings (SSSR count). The Morgan fingerprint density at radius 2 is 0.800 bits per heavy atom. The SMILES string of the molecule is CC#CC1(Cl)[C@@H](O)[C@@H]([C@@H](C)O)O[C@H]1n1cc(F)c2c(=O)[nH]c(N)nc21.CC#CC1(Cl)[C@@H](O)[C@@H]([C@@H](C)O)O[C@H]1n1ccc2c(=O)[nH]c(N)nc21.CC#CC1(Cl)[C@@H](O)[C@@H]([C@@H](C)O)O[C@H]1n1cnc2c(=O)[nH]c(N)nc21.CC#CC1(Cl)[C@@H](O)[C@@H]([C@@H](C)O)O[C@H]1n1cnc2c(=S)nc(N)[nH]c21.CC#CC1(Cl)[C@@H](O)[C@@H]([C@@H](C)O)O[C@H]1n1cnc2cnc(N)nc21. The van der Waals surface area contributed by atoms with Gasteiger partial charge in [-0.05, 0) is 75.3 Å². The van der Waals surface area contributed by atoms with Gasteiger partial charge < -0.3 is 113 Å². The summed E-state index contributed by atoms with van der Waals surface area (Å²) in [6.45, 7) is 15.3. The van der Waals surface area contributed by atoms with Crippen LogP contribution < -0.4 is 45.3 Å². The number of anilines is 5. The molecule has 0 aromatic carbocycles. The summed E-state index contributed by atoms with van der Waals surface area (Å²) < 4.78 is 50.4. The van der Waals surface area contributed by atoms with E-state index >= 15 is 0 Å². The first kappa shape index (κ1) is 90.8. The van der Waals surface area contributed by atoms with E-state index in [4.69, 9.17) is 123 Å². The highest BCUT2D eigenvalue weighted by Crippen LogP contribution is 2.50. The lowest BCUT2D eigenvalue weighted by atomic mass is 9.96. The van der Waals surface area contributed by atoms with E-state index in [-0.39, 0.29) is 62.2 Å². The van der Waals surface area contributed by atoms with Crippen LogP contribution in [0.4, 0.5) is 34.1 Å². The second-order valence-electron chi connectivity index (χ2n) is 28.0. The number of aromatic amines is 4. The first-order valence-corrected chi connectivity index (χ1v) is 38.3. The molecular weight excluding hydrogens is 1700 g/mol. The van der Waals surface area contributed by atoms with Crippen molar-refractivity contribution in [3.05, 3.63) is 85.2 Å². The average molecular weight is 1780 g/mol. The van der Waals surface area contributed by atoms with Gasteiger partial charge >= 0.3 is 0 Å². The normalized spacial score (nSPS) is 31.0. The van der Waals surface area contributed by atoms with Crippen molar-refractivity contribution in [1.82, 2.24) is 87.6 Å². The summed E-state index contributed by atoms with van der Waals surface area (Å²) in [4.78, 5) is 74.4. The number of nitrogens with two attached hydrogens (primary N) is 5. The molecule has 120 heavy (non-hydrogen) atoms. The molecule has 10 aromatic heterocycles. The fourth-order valence-electron chi connectivity index (χ4n) is 14.2. The first-order chi connectivity index (χ1) is 56.5. The van der Waals surface area contributed by atoms with Gasteiger partial charge in [0.2, 0.25) is 23.8 Å². The number of aliphatic hydroxyl groups excluding tert-OH is 10. The first-order valence-electron chi connectivity index (χ1n) is 36.0. The predicted molar refractivity (Wildman–Crippen MR) is 437 cm³/mol. The third-order valence-corrected chi connectivity index (χ3v) is 22.5. The van der Waals surface area contributed by atoms with Gasteiger partial charge in [-0.3, -0.25) is 47.6 Å². The molecule has 5 unspecified atom stereocenters. The molecule has 24 N–H and O–H groups in total. The van der Waals surface area contributed by atoms with Gasteiger partial charge in [0.05, 0.1) is 61.1 Å². The fourth-order valence-corrected chi connectivity index (χ4v) is 16.3. The number of alkyl halides is 5. The van der Waals surface area contributed by atoms with Gasteiger partial charge in [-0.2, -0.15) is 19.9 Å². The molecule has 41 nitrogen and oxygen atoms in total. The van der Waals surface area contributed by atoms with Crippen LogP contribution in [-0.4, -0.2) is 255 Å². The Morgan fingerprint density at radius 3 is 1.23 bits per heavy atom. The number of halogens is 6. The number of H-pyrrole nitrogens is 4. The van der Waals surface area contributed by atoms with Crippen LogP contribution in [0.3, 0.4) is 0 Å². The lowest BCUT2D eigenvalue weighted by Crippen LogP contribution is -2.43. The number of ether oxygens (including phenoxy) is 5. The van der Waals surface area contributed by atoms with Crippen molar-refractivity contribution in [1.29, 1.82) is 0 Å². The van der Waals surface area contributed by atoms with Gasteiger partial charge in [0, 0.05) is 12.4 Å². The van der Waals surface area contributed by atoms with Gasteiger partial charge in [-0.25, -0.2) is 29.3 Å². The predicted octanol–water partition coefficient (Wildman–Crippen LogP) is 0.134. The second-order valence-corrected chi connectivity index (χ2v) is 31.5. The molecule has 5 aliphatic rings. The van der Waals surface area contributed by atoms with Gasteiger partial charge in [-0.1, -0.05) is 99.8 Å². The Balaban J connectivity index is 0.000000147. The van der Waals surface area contributed by atoms with Gasteiger partial charge in [0.15, 0.2) is 100 Å². The third-order valence-electron chi connectivity index (χ3n) is 19.7. The van der Waals surface area contributed by atoms with Gasteiger partial charge in [0.1, 0.15) is 83.1 Å². The zero-order chi connectivity index (χ0) is 88.2. The minimum Gasteiger partial charge on any atom is -0.391 e. The Kier molecular flexibility index (Phi) is 26.7. The summed E-state index contributed by atoms with van der Waals surface area (Å²) in [5, 5.41) is 102. The Labute approximate surface area is 707 Å². The summed E-state index contributed by atoms with van der Waals surface area (Å²) in [6, 6.07) is 1.54. The van der Waals surface area contributed by atoms with Crippen molar-refractivity contribution in [2.75, 3.05) is 28.7 Å². The van der Waals surface area contributed by atoms with Crippen molar-refractivity contribution in [2.45, 2.75) is 216 Å². The smallest absolute Gasteiger partial charge is 0.280 e. The maximum atomic E-state index is 14.3. The lowest BCUT2D eigenvalue weighted by Gasteiger charge is -2.26. The molecule has 0 amide bonds. The van der Waals surface area contributed by atoms with Crippen LogP contribution in [-0.2, 0) is 23.7 Å². The van der Waals surface area contributed by atoms with E-state index in [2.05, 4.69) is 124 Å². The van der Waals surface area contributed by atoms with Crippen LogP contribution in [0.15, 0.2) is 58.0 Å². The van der Waals surface area contributed by atoms with Crippen LogP contribution in [0, 0.1) is 69.7 Å². The maximum Gasteiger partial charge on any atom is 0.280 e. The van der Waals surface area contributed by atoms with Crippen molar-refractivity contribution >= 4 is 156 Å². The zero-order valence-electron chi connectivity index (χ0n) is 64.7. The summed E-state index contributed by atoms with van der Waals surface area (Å²) in [5.41, 5.74) is 28.5. The van der Waals surface area contributed by atoms with Gasteiger partial charge in [0.25, 0.3) is 16.7 Å². The van der Waals surface area contributed by atoms with E-state index in [1.165, 1.54) is 80.4 Å². The summed E-state index contributed by atoms with van der Waals surface area (Å²) in [5.74, 6) is 26.0. The Hall–Kier alpha value is -9.91. The highest BCUT2D eigenvalue weighted by molar-refractivity contribution is 7.71. The molecular formula is C72H81Cl5FN23O18S. The molecule has 5 saturated heterocycles. The number of imidazole rings is 3. The van der Waals surface area contributed by atoms with Crippen LogP contribution in [0.5, 0.6) is 0 Å². The van der Waals surface area contributed by atoms with E-state index in [9.17, 15) is 69.8 Å². The molecule has 0 bridgehead atoms. The third kappa shape index (κ3) is 16.4. The number of nitrogens with one attached hydrogen (secondary N) is 4. The average Bonchev–Trinajstić information content (AvgIpc) is 1.61. The fraction of sp³-hybridized carbons (Fsp3) is 0.486. The molecule has 0 saturated carbocycles. The van der Waals surface area contributed by atoms with E-state index in [0.717, 1.165) is 10.8 Å². The van der Waals surface area contributed by atoms with E-state index < -0.39 is 170 Å². The molecule has 25 atom stereocenters. The van der Waals surface area contributed by atoms with Crippen molar-refractivity contribution < 1.29 is 79.1 Å². The minimum atomic E-state index is -1.69. The molecule has 5 aliphatic heterocycles. The van der Waals surface area contributed by atoms with Crippen molar-refractivity contribution in [2.24, 2.45) is 0 Å². The highest BCUT2D eigenvalue weighted by Gasteiger charge is 2.62. The molecule has 640 valence electrons. The number of nitrogens with zero attached hydrogens (tertiary/aromatic N) is 14. The number of hydrogen-bond acceptors (Lipinski definition) is 33. The summed E-state index contributed by atoms with van der Waals surface area (Å²) in [7, 11) is 0. The van der Waals surface area contributed by atoms with Crippen LogP contribution in [0.2, 0.25) is 0 Å². The number of hydrogen-bond donors (Lipinski definition) is 19. The number of aliphatic hydroxyl groups is 10. The number of rotatable bonds is 10. The summed E-state index contributed by atoms with van der Waals surface area (Å²) >= 11 is 37.9. The molecule has 5 fully saturated rings. The van der Waals surface area contributed by atoms with E-state index in [0.29, 0.717) is 27.7 Å². The van der Waals surface area contributed by atoms with Crippen LogP contribution in [0.1, 0.15) is 100 Å². The second kappa shape index (κ2) is 35.3. The molecule has 15 heterocycles. The highest BCUT2D eigenvalue weighted by atomic mass is 35.5. The Bertz CT molecular complexity index is 5790. The lowest BCUT2D eigenvalue weighted by molar-refractivity contribution is -0.0752. The monoisotopic (exact) mass is 1780 g/mol. The van der Waals surface area contributed by atoms with Crippen molar-refractivity contribution in [3.63, 3.8) is 0 Å². The largest absolute Gasteiger partial charge is 0.391 e. The molecule has 48 heteroatoms. The molecule has 0 spiro atoms. The standard InChI is InChI=1S/C15H16ClFN4O4.C15H17ClN4O4.C14H16ClN5O4.C14H16ClN5O3S.C14H16ClN5O3/c1-3-4-15(16)10(23)9(6(2)22)25-13(15)21-5-7(17)8-11(21)19-14(18)20-12(8)24;1-3-5-15(16)10(22)9(7(2)21)24-13(15)20-6-4-8-11(20)18-14(17)19-12(8)23;1-3-4-14(15)9(22)8(6(2)21)24-12(14)20-5-17-7-10(20)18-13(16)19-11(7)23;1-3-4-14(15)9(22)8(6(2)21)23-12(14)20-5-17-7-10(20)18-13(16)19-11(7)24;1-3-4-14(15)10(22)9(7(2)21)23-12(14)20-6-18-8-5-17-13(16)19-11(8)20/h5-6,9-10,13,22-23H,1-2H3,(H3,18,19,20,24);4,6-7,9-10,13,21-22H,1-2H3,(H3,17,18,19,23);5-6,8-9,12,21-22H,1-2H3,(H3,16,18,19,23);5-6,8-9,12,21-22H,1-2H3,(H3,16,18,19,24);5-7,9-10,12,21-22H,1-2H3,(H2,16,17,19)/t6-,9-,10+,13-,15?;7-,9-,10+,13-,15?;2*6-,8-,9+,12-,14?;7-,9-,10+,12-,14?/m11111/s1. The number of nitrogen functional groups attached to an aromatic ring is 5. The molecule has 0 aliphatic carbocycles. The topological polar surface area (TPSA) is 634 Å². The summed E-state index contributed by atoms with van der Waals surface area (Å²) in [6.07, 6.45) is -12.7. The van der Waals surface area contributed by atoms with E-state index in [1.54, 1.807) is 44.5 Å². The van der Waals surface area contributed by atoms with Crippen LogP contribution >= 0.6 is 70.2 Å². The number of fused-ring (bicyclic) bond motifs is 5. The number of aromatic nitrogens is 18. The van der Waals surface area contributed by atoms with Crippen molar-refractivity contribution in [3.8, 4) is 59.2 Å². The van der Waals surface area contributed by atoms with Gasteiger partial charge in [-0.15, -0.1) is 29.6 Å². The maximum absolute atomic E-state index is 14.3. The quantitative estimate of drug-likeness (QED) is 0.0492. The Morgan fingerprint density at radius 1 is 0.450 bits per heavy atom. The minimum absolute atomic E-state index is 0.0475.